The summed E-state index contributed by atoms with van der Waals surface area (Å²) < 4.78 is 26.4. The van der Waals surface area contributed by atoms with Gasteiger partial charge in [0.15, 0.2) is 0 Å². The molecule has 29 heavy (non-hydrogen) atoms. The average Bonchev–Trinajstić information content (AvgIpc) is 2.67. The molecule has 0 aromatic heterocycles. The predicted octanol–water partition coefficient (Wildman–Crippen LogP) is 4.96. The molecule has 0 aliphatic carbocycles. The monoisotopic (exact) mass is 436 g/mol. The molecule has 2 aromatic rings. The first kappa shape index (κ1) is 23.2. The van der Waals surface area contributed by atoms with E-state index in [1.165, 1.54) is 0 Å². The van der Waals surface area contributed by atoms with Crippen LogP contribution >= 0.6 is 11.6 Å². The Kier molecular flexibility index (Phi) is 7.72. The van der Waals surface area contributed by atoms with Crippen molar-refractivity contribution in [1.82, 2.24) is 0 Å². The van der Waals surface area contributed by atoms with Crippen molar-refractivity contribution >= 4 is 38.9 Å². The Balaban J connectivity index is 2.48. The van der Waals surface area contributed by atoms with Gasteiger partial charge in [-0.1, -0.05) is 56.6 Å². The lowest BCUT2D eigenvalue weighted by Gasteiger charge is -2.31. The van der Waals surface area contributed by atoms with E-state index in [1.54, 1.807) is 25.1 Å². The fourth-order valence-corrected chi connectivity index (χ4v) is 4.77. The Hall–Kier alpha value is -2.05. The van der Waals surface area contributed by atoms with E-state index in [-0.39, 0.29) is 5.91 Å². The number of rotatable bonds is 8. The predicted molar refractivity (Wildman–Crippen MR) is 121 cm³/mol. The number of aryl methyl sites for hydroxylation is 3. The van der Waals surface area contributed by atoms with Crippen LogP contribution in [-0.4, -0.2) is 26.6 Å². The van der Waals surface area contributed by atoms with Gasteiger partial charge in [0.05, 0.1) is 11.9 Å². The smallest absolute Gasteiger partial charge is 0.248 e. The Morgan fingerprint density at radius 1 is 1.10 bits per heavy atom. The quantitative estimate of drug-likeness (QED) is 0.636. The fourth-order valence-electron chi connectivity index (χ4n) is 3.39. The minimum absolute atomic E-state index is 0.320. The van der Waals surface area contributed by atoms with Gasteiger partial charge in [0, 0.05) is 10.7 Å². The van der Waals surface area contributed by atoms with Crippen molar-refractivity contribution in [3.05, 3.63) is 58.1 Å². The van der Waals surface area contributed by atoms with Crippen molar-refractivity contribution in [1.29, 1.82) is 0 Å². The second kappa shape index (κ2) is 9.63. The number of anilines is 2. The maximum absolute atomic E-state index is 13.2. The SMILES string of the molecule is CCc1cccc(CC)c1NC(=O)[C@H](CC)N(c1ccc(C)c(Cl)c1)S(C)(=O)=O. The Bertz CT molecular complexity index is 967. The molecule has 0 fully saturated rings. The van der Waals surface area contributed by atoms with Crippen LogP contribution in [0.25, 0.3) is 0 Å². The lowest BCUT2D eigenvalue weighted by atomic mass is 10.0. The maximum atomic E-state index is 13.2. The summed E-state index contributed by atoms with van der Waals surface area (Å²) in [6, 6.07) is 10.1. The largest absolute Gasteiger partial charge is 0.324 e. The molecule has 0 heterocycles. The van der Waals surface area contributed by atoms with Gasteiger partial charge in [-0.05, 0) is 55.0 Å². The number of halogens is 1. The number of para-hydroxylation sites is 1. The summed E-state index contributed by atoms with van der Waals surface area (Å²) in [4.78, 5) is 13.2. The molecule has 0 spiro atoms. The summed E-state index contributed by atoms with van der Waals surface area (Å²) >= 11 is 6.22. The third-order valence-electron chi connectivity index (χ3n) is 4.99. The van der Waals surface area contributed by atoms with Crippen LogP contribution < -0.4 is 9.62 Å². The molecule has 1 N–H and O–H groups in total. The molecule has 5 nitrogen and oxygen atoms in total. The summed E-state index contributed by atoms with van der Waals surface area (Å²) in [5, 5.41) is 3.46. The summed E-state index contributed by atoms with van der Waals surface area (Å²) in [7, 11) is -3.71. The van der Waals surface area contributed by atoms with Crippen molar-refractivity contribution in [2.24, 2.45) is 0 Å². The molecule has 0 unspecified atom stereocenters. The number of carbonyl (C=O) groups is 1. The third kappa shape index (κ3) is 5.31. The third-order valence-corrected chi connectivity index (χ3v) is 6.57. The minimum atomic E-state index is -3.71. The van der Waals surface area contributed by atoms with Crippen LogP contribution in [0.4, 0.5) is 11.4 Å². The highest BCUT2D eigenvalue weighted by atomic mass is 35.5. The zero-order valence-corrected chi connectivity index (χ0v) is 19.2. The lowest BCUT2D eigenvalue weighted by Crippen LogP contribution is -2.47. The Labute approximate surface area is 179 Å². The topological polar surface area (TPSA) is 66.5 Å². The molecule has 0 aliphatic heterocycles. The Morgan fingerprint density at radius 2 is 1.69 bits per heavy atom. The highest BCUT2D eigenvalue weighted by molar-refractivity contribution is 7.92. The van der Waals surface area contributed by atoms with E-state index in [9.17, 15) is 13.2 Å². The van der Waals surface area contributed by atoms with Gasteiger partial charge in [-0.2, -0.15) is 0 Å². The number of nitrogens with zero attached hydrogens (tertiary/aromatic N) is 1. The summed E-state index contributed by atoms with van der Waals surface area (Å²) in [6.45, 7) is 7.69. The van der Waals surface area contributed by atoms with E-state index in [4.69, 9.17) is 11.6 Å². The molecule has 158 valence electrons. The van der Waals surface area contributed by atoms with Gasteiger partial charge in [-0.3, -0.25) is 9.10 Å². The summed E-state index contributed by atoms with van der Waals surface area (Å²) in [5.41, 5.74) is 4.04. The van der Waals surface area contributed by atoms with Gasteiger partial charge in [0.25, 0.3) is 0 Å². The molecule has 0 bridgehead atoms. The lowest BCUT2D eigenvalue weighted by molar-refractivity contribution is -0.117. The van der Waals surface area contributed by atoms with E-state index in [0.29, 0.717) is 17.1 Å². The first-order valence-corrected chi connectivity index (χ1v) is 12.0. The van der Waals surface area contributed by atoms with E-state index in [2.05, 4.69) is 5.32 Å². The van der Waals surface area contributed by atoms with Gasteiger partial charge in [-0.25, -0.2) is 8.42 Å². The molecule has 7 heteroatoms. The van der Waals surface area contributed by atoms with Crippen molar-refractivity contribution in [2.75, 3.05) is 15.9 Å². The maximum Gasteiger partial charge on any atom is 0.248 e. The fraction of sp³-hybridized carbons (Fsp3) is 0.409. The standard InChI is InChI=1S/C22H29ClN2O3S/c1-6-16-10-9-11-17(7-2)21(16)24-22(26)20(8-3)25(29(5,27)28)18-13-12-15(4)19(23)14-18/h9-14,20H,6-8H2,1-5H3,(H,24,26)/t20-/m0/s1. The van der Waals surface area contributed by atoms with Crippen molar-refractivity contribution in [3.8, 4) is 0 Å². The number of carbonyl (C=O) groups excluding carboxylic acids is 1. The van der Waals surface area contributed by atoms with E-state index < -0.39 is 16.1 Å². The van der Waals surface area contributed by atoms with E-state index >= 15 is 0 Å². The summed E-state index contributed by atoms with van der Waals surface area (Å²) in [6.07, 6.45) is 2.96. The molecule has 0 saturated carbocycles. The average molecular weight is 437 g/mol. The van der Waals surface area contributed by atoms with Crippen molar-refractivity contribution in [3.63, 3.8) is 0 Å². The Morgan fingerprint density at radius 3 is 2.14 bits per heavy atom. The number of hydrogen-bond donors (Lipinski definition) is 1. The number of nitrogens with one attached hydrogen (secondary N) is 1. The second-order valence-corrected chi connectivity index (χ2v) is 9.33. The van der Waals surface area contributed by atoms with Gasteiger partial charge in [0.1, 0.15) is 6.04 Å². The van der Waals surface area contributed by atoms with Gasteiger partial charge in [-0.15, -0.1) is 0 Å². The first-order chi connectivity index (χ1) is 13.6. The van der Waals surface area contributed by atoms with Crippen LogP contribution in [0.15, 0.2) is 36.4 Å². The molecule has 1 amide bonds. The molecule has 2 rings (SSSR count). The number of amides is 1. The number of hydrogen-bond acceptors (Lipinski definition) is 3. The normalized spacial score (nSPS) is 12.5. The van der Waals surface area contributed by atoms with E-state index in [0.717, 1.165) is 45.8 Å². The molecule has 0 saturated heterocycles. The zero-order valence-electron chi connectivity index (χ0n) is 17.6. The summed E-state index contributed by atoms with van der Waals surface area (Å²) in [5.74, 6) is -0.356. The van der Waals surface area contributed by atoms with Crippen LogP contribution in [0.3, 0.4) is 0 Å². The molecule has 0 radical (unpaired) electrons. The zero-order chi connectivity index (χ0) is 21.8. The minimum Gasteiger partial charge on any atom is -0.324 e. The highest BCUT2D eigenvalue weighted by Gasteiger charge is 2.32. The van der Waals surface area contributed by atoms with E-state index in [1.807, 2.05) is 39.0 Å². The molecular formula is C22H29ClN2O3S. The van der Waals surface area contributed by atoms with Crippen LogP contribution in [0.1, 0.15) is 43.9 Å². The van der Waals surface area contributed by atoms with Crippen LogP contribution in [0, 0.1) is 6.92 Å². The van der Waals surface area contributed by atoms with Gasteiger partial charge >= 0.3 is 0 Å². The number of benzene rings is 2. The van der Waals surface area contributed by atoms with Gasteiger partial charge in [0.2, 0.25) is 15.9 Å². The second-order valence-electron chi connectivity index (χ2n) is 7.06. The molecule has 2 aromatic carbocycles. The van der Waals surface area contributed by atoms with Crippen molar-refractivity contribution in [2.45, 2.75) is 53.0 Å². The molecule has 1 atom stereocenters. The van der Waals surface area contributed by atoms with Crippen LogP contribution in [0.5, 0.6) is 0 Å². The molecule has 0 aliphatic rings. The number of sulfonamides is 1. The molecular weight excluding hydrogens is 408 g/mol. The highest BCUT2D eigenvalue weighted by Crippen LogP contribution is 2.29. The van der Waals surface area contributed by atoms with Crippen molar-refractivity contribution < 1.29 is 13.2 Å². The van der Waals surface area contributed by atoms with Crippen LogP contribution in [-0.2, 0) is 27.7 Å². The van der Waals surface area contributed by atoms with Crippen LogP contribution in [0.2, 0.25) is 5.02 Å². The van der Waals surface area contributed by atoms with Gasteiger partial charge < -0.3 is 5.32 Å². The first-order valence-electron chi connectivity index (χ1n) is 9.81.